The molecule has 0 fully saturated rings. The molecule has 3 aromatic heterocycles. The van der Waals surface area contributed by atoms with Gasteiger partial charge < -0.3 is 24.5 Å². The van der Waals surface area contributed by atoms with E-state index in [-0.39, 0.29) is 11.6 Å². The number of benzene rings is 1. The largest absolute Gasteiger partial charge is 0.493 e. The Hall–Kier alpha value is -4.14. The van der Waals surface area contributed by atoms with E-state index in [1.54, 1.807) is 36.5 Å². The minimum Gasteiger partial charge on any atom is -0.493 e. The molecule has 0 saturated carbocycles. The van der Waals surface area contributed by atoms with E-state index >= 15 is 0 Å². The van der Waals surface area contributed by atoms with Crippen molar-refractivity contribution in [2.75, 3.05) is 30.0 Å². The van der Waals surface area contributed by atoms with Crippen molar-refractivity contribution < 1.29 is 9.53 Å². The Morgan fingerprint density at radius 3 is 2.72 bits per heavy atom. The maximum absolute atomic E-state index is 13.2. The summed E-state index contributed by atoms with van der Waals surface area (Å²) in [7, 11) is 1.75. The molecule has 0 unspecified atom stereocenters. The number of imidazole rings is 1. The Kier molecular flexibility index (Phi) is 4.85. The van der Waals surface area contributed by atoms with Gasteiger partial charge in [0.25, 0.3) is 5.91 Å². The number of amides is 1. The molecule has 0 spiro atoms. The predicted molar refractivity (Wildman–Crippen MR) is 122 cm³/mol. The van der Waals surface area contributed by atoms with Crippen molar-refractivity contribution in [3.8, 4) is 5.75 Å². The number of hydrogen-bond acceptors (Lipinski definition) is 6. The Labute approximate surface area is 183 Å². The maximum Gasteiger partial charge on any atom is 0.323 e. The van der Waals surface area contributed by atoms with E-state index in [0.29, 0.717) is 48.0 Å². The Morgan fingerprint density at radius 2 is 1.88 bits per heavy atom. The molecule has 162 valence electrons. The summed E-state index contributed by atoms with van der Waals surface area (Å²) in [6.45, 7) is 3.05. The van der Waals surface area contributed by atoms with Crippen LogP contribution in [-0.2, 0) is 6.42 Å². The van der Waals surface area contributed by atoms with Crippen LogP contribution in [0.4, 0.5) is 17.3 Å². The topological polar surface area (TPSA) is 107 Å². The second kappa shape index (κ2) is 7.84. The lowest BCUT2D eigenvalue weighted by atomic mass is 10.1. The molecule has 4 aromatic rings. The zero-order chi connectivity index (χ0) is 22.2. The lowest BCUT2D eigenvalue weighted by Crippen LogP contribution is -2.25. The van der Waals surface area contributed by atoms with Gasteiger partial charge in [-0.05, 0) is 42.8 Å². The number of rotatable bonds is 5. The van der Waals surface area contributed by atoms with E-state index in [4.69, 9.17) is 4.74 Å². The van der Waals surface area contributed by atoms with E-state index in [9.17, 15) is 9.59 Å². The first-order chi connectivity index (χ1) is 15.5. The Bertz CT molecular complexity index is 1380. The molecule has 32 heavy (non-hydrogen) atoms. The van der Waals surface area contributed by atoms with E-state index in [2.05, 4.69) is 19.9 Å². The first-order valence-corrected chi connectivity index (χ1v) is 10.4. The molecular weight excluding hydrogens is 408 g/mol. The molecule has 0 bridgehead atoms. The van der Waals surface area contributed by atoms with Gasteiger partial charge >= 0.3 is 5.69 Å². The van der Waals surface area contributed by atoms with Crippen LogP contribution in [0.3, 0.4) is 0 Å². The number of hydrogen-bond donors (Lipinski definition) is 2. The van der Waals surface area contributed by atoms with Gasteiger partial charge in [0.05, 0.1) is 28.9 Å². The summed E-state index contributed by atoms with van der Waals surface area (Å²) < 4.78 is 5.86. The van der Waals surface area contributed by atoms with Crippen molar-refractivity contribution in [2.45, 2.75) is 13.3 Å². The van der Waals surface area contributed by atoms with Gasteiger partial charge in [0.15, 0.2) is 5.82 Å². The van der Waals surface area contributed by atoms with Gasteiger partial charge in [-0.15, -0.1) is 0 Å². The fourth-order valence-corrected chi connectivity index (χ4v) is 3.95. The molecule has 1 amide bonds. The number of carbonyl (C=O) groups excluding carboxylic acids is 1. The smallest absolute Gasteiger partial charge is 0.323 e. The van der Waals surface area contributed by atoms with Crippen LogP contribution in [0.15, 0.2) is 53.6 Å². The highest BCUT2D eigenvalue weighted by molar-refractivity contribution is 6.12. The number of nitrogens with zero attached hydrogens (tertiary/aromatic N) is 4. The lowest BCUT2D eigenvalue weighted by Gasteiger charge is -2.22. The molecule has 4 heterocycles. The number of pyridine rings is 2. The third-order valence-electron chi connectivity index (χ3n) is 5.56. The zero-order valence-electron chi connectivity index (χ0n) is 17.8. The first kappa shape index (κ1) is 19.8. The quantitative estimate of drug-likeness (QED) is 0.504. The van der Waals surface area contributed by atoms with Crippen molar-refractivity contribution in [3.63, 3.8) is 0 Å². The van der Waals surface area contributed by atoms with E-state index in [0.717, 1.165) is 16.8 Å². The second-order valence-corrected chi connectivity index (χ2v) is 7.55. The molecule has 0 saturated heterocycles. The van der Waals surface area contributed by atoms with Crippen LogP contribution >= 0.6 is 0 Å². The number of aromatic amines is 2. The minimum atomic E-state index is -0.249. The number of H-pyrrole nitrogens is 2. The van der Waals surface area contributed by atoms with Gasteiger partial charge in [-0.3, -0.25) is 4.79 Å². The van der Waals surface area contributed by atoms with Crippen LogP contribution in [0, 0.1) is 0 Å². The monoisotopic (exact) mass is 430 g/mol. The SMILES string of the molecule is CCN1c2ncc(CCOc3ccc4[nH]c(=O)[nH]c4c3)cc2C(=O)N(C)c2cccnc21. The number of aromatic nitrogens is 4. The highest BCUT2D eigenvalue weighted by Crippen LogP contribution is 2.37. The number of nitrogens with one attached hydrogen (secondary N) is 2. The summed E-state index contributed by atoms with van der Waals surface area (Å²) in [5.41, 5.74) is 3.37. The second-order valence-electron chi connectivity index (χ2n) is 7.55. The normalized spacial score (nSPS) is 13.1. The summed E-state index contributed by atoms with van der Waals surface area (Å²) in [6.07, 6.45) is 4.08. The average molecular weight is 430 g/mol. The van der Waals surface area contributed by atoms with Gasteiger partial charge in [-0.1, -0.05) is 0 Å². The van der Waals surface area contributed by atoms with Crippen molar-refractivity contribution in [1.29, 1.82) is 0 Å². The number of ether oxygens (including phenoxy) is 1. The summed E-state index contributed by atoms with van der Waals surface area (Å²) in [5, 5.41) is 0. The molecular formula is C23H22N6O3. The molecule has 2 N–H and O–H groups in total. The van der Waals surface area contributed by atoms with E-state index in [1.807, 2.05) is 36.1 Å². The molecule has 1 aliphatic heterocycles. The van der Waals surface area contributed by atoms with Crippen LogP contribution < -0.4 is 20.2 Å². The highest BCUT2D eigenvalue weighted by atomic mass is 16.5. The van der Waals surface area contributed by atoms with Gasteiger partial charge in [0, 0.05) is 38.5 Å². The first-order valence-electron chi connectivity index (χ1n) is 10.4. The summed E-state index contributed by atoms with van der Waals surface area (Å²) >= 11 is 0. The Balaban J connectivity index is 1.38. The van der Waals surface area contributed by atoms with E-state index in [1.165, 1.54) is 0 Å². The van der Waals surface area contributed by atoms with Gasteiger partial charge in [-0.2, -0.15) is 0 Å². The predicted octanol–water partition coefficient (Wildman–Crippen LogP) is 3.02. The maximum atomic E-state index is 13.2. The summed E-state index contributed by atoms with van der Waals surface area (Å²) in [6, 6.07) is 11.0. The van der Waals surface area contributed by atoms with Gasteiger partial charge in [0.2, 0.25) is 0 Å². The third kappa shape index (κ3) is 3.37. The van der Waals surface area contributed by atoms with Crippen molar-refractivity contribution >= 4 is 34.3 Å². The minimum absolute atomic E-state index is 0.123. The molecule has 0 aliphatic carbocycles. The number of fused-ring (bicyclic) bond motifs is 3. The fourth-order valence-electron chi connectivity index (χ4n) is 3.95. The number of anilines is 3. The summed E-state index contributed by atoms with van der Waals surface area (Å²) in [4.78, 5) is 42.7. The summed E-state index contributed by atoms with van der Waals surface area (Å²) in [5.74, 6) is 1.85. The van der Waals surface area contributed by atoms with Gasteiger partial charge in [0.1, 0.15) is 11.6 Å². The Morgan fingerprint density at radius 1 is 1.03 bits per heavy atom. The number of carbonyl (C=O) groups is 1. The van der Waals surface area contributed by atoms with Crippen LogP contribution in [0.2, 0.25) is 0 Å². The third-order valence-corrected chi connectivity index (χ3v) is 5.56. The van der Waals surface area contributed by atoms with Gasteiger partial charge in [-0.25, -0.2) is 14.8 Å². The molecule has 9 heteroatoms. The highest BCUT2D eigenvalue weighted by Gasteiger charge is 2.30. The fraction of sp³-hybridized carbons (Fsp3) is 0.217. The lowest BCUT2D eigenvalue weighted by molar-refractivity contribution is 0.0994. The molecule has 0 radical (unpaired) electrons. The van der Waals surface area contributed by atoms with Crippen molar-refractivity contribution in [1.82, 2.24) is 19.9 Å². The van der Waals surface area contributed by atoms with Crippen molar-refractivity contribution in [3.05, 3.63) is 70.4 Å². The average Bonchev–Trinajstić information content (AvgIpc) is 3.15. The standard InChI is InChI=1S/C23H22N6O3/c1-3-29-20-16(22(30)28(2)19-5-4-9-24-21(19)29)11-14(13-25-20)8-10-32-15-6-7-17-18(12-15)27-23(31)26-17/h4-7,9,11-13H,3,8,10H2,1-2H3,(H2,26,27,31). The molecule has 1 aromatic carbocycles. The molecule has 9 nitrogen and oxygen atoms in total. The van der Waals surface area contributed by atoms with Crippen LogP contribution in [0.1, 0.15) is 22.8 Å². The van der Waals surface area contributed by atoms with Crippen molar-refractivity contribution in [2.24, 2.45) is 0 Å². The van der Waals surface area contributed by atoms with Crippen LogP contribution in [-0.4, -0.2) is 46.0 Å². The molecule has 0 atom stereocenters. The zero-order valence-corrected chi connectivity index (χ0v) is 17.8. The van der Waals surface area contributed by atoms with Crippen LogP contribution in [0.5, 0.6) is 5.75 Å². The van der Waals surface area contributed by atoms with Crippen LogP contribution in [0.25, 0.3) is 11.0 Å². The van der Waals surface area contributed by atoms with E-state index < -0.39 is 0 Å². The molecule has 5 rings (SSSR count). The molecule has 1 aliphatic rings.